The van der Waals surface area contributed by atoms with E-state index in [1.807, 2.05) is 24.4 Å². The summed E-state index contributed by atoms with van der Waals surface area (Å²) in [6.45, 7) is 4.20. The summed E-state index contributed by atoms with van der Waals surface area (Å²) in [5.74, 6) is 0. The molecule has 1 aliphatic rings. The Kier molecular flexibility index (Phi) is 3.96. The molecule has 0 bridgehead atoms. The maximum absolute atomic E-state index is 4.50. The van der Waals surface area contributed by atoms with Crippen LogP contribution in [0, 0.1) is 0 Å². The molecular weight excluding hydrogens is 266 g/mol. The predicted octanol–water partition coefficient (Wildman–Crippen LogP) is 2.03. The molecule has 0 N–H and O–H groups in total. The average molecular weight is 282 g/mol. The Hall–Kier alpha value is -0.870. The Bertz CT molecular complexity index is 370. The summed E-state index contributed by atoms with van der Waals surface area (Å²) in [6.07, 6.45) is 1.93. The lowest BCUT2D eigenvalue weighted by Crippen LogP contribution is -2.41. The molecule has 0 unspecified atom stereocenters. The van der Waals surface area contributed by atoms with E-state index in [1.165, 1.54) is 0 Å². The van der Waals surface area contributed by atoms with Crippen LogP contribution in [0.25, 0.3) is 0 Å². The van der Waals surface area contributed by atoms with Crippen LogP contribution in [0.1, 0.15) is 5.56 Å². The van der Waals surface area contributed by atoms with E-state index in [0.717, 1.165) is 36.2 Å². The first-order valence-electron chi connectivity index (χ1n) is 5.48. The van der Waals surface area contributed by atoms with Gasteiger partial charge in [-0.15, -0.1) is 0 Å². The second kappa shape index (κ2) is 5.46. The molecule has 1 heterocycles. The molecule has 2 rings (SSSR count). The van der Waals surface area contributed by atoms with Crippen molar-refractivity contribution >= 4 is 22.1 Å². The number of likely N-dealkylation sites (N-methyl/N-ethyl adjacent to an activating group) is 1. The highest BCUT2D eigenvalue weighted by atomic mass is 79.9. The van der Waals surface area contributed by atoms with Gasteiger partial charge in [0.2, 0.25) is 0 Å². The molecule has 0 radical (unpaired) electrons. The Morgan fingerprint density at radius 2 is 1.88 bits per heavy atom. The summed E-state index contributed by atoms with van der Waals surface area (Å²) >= 11 is 3.51. The standard InChI is InChI=1S/C12H16BrN3/c1-15-6-8-16(9-7-15)14-10-11-4-2-3-5-12(11)13/h2-5,10H,6-9H2,1H3. The molecule has 86 valence electrons. The zero-order valence-corrected chi connectivity index (χ0v) is 11.0. The van der Waals surface area contributed by atoms with Gasteiger partial charge >= 0.3 is 0 Å². The number of halogens is 1. The molecule has 0 saturated carbocycles. The normalized spacial score (nSPS) is 18.2. The third-order valence-corrected chi connectivity index (χ3v) is 3.47. The number of piperazine rings is 1. The SMILES string of the molecule is CN1CCN(N=Cc2ccccc2Br)CC1. The van der Waals surface area contributed by atoms with Gasteiger partial charge in [-0.2, -0.15) is 5.10 Å². The monoisotopic (exact) mass is 281 g/mol. The molecule has 0 spiro atoms. The lowest BCUT2D eigenvalue weighted by Gasteiger charge is -2.30. The van der Waals surface area contributed by atoms with Crippen LogP contribution in [0.4, 0.5) is 0 Å². The molecule has 0 aliphatic carbocycles. The van der Waals surface area contributed by atoms with E-state index in [2.05, 4.69) is 44.1 Å². The fourth-order valence-electron chi connectivity index (χ4n) is 1.64. The first-order valence-corrected chi connectivity index (χ1v) is 6.27. The molecule has 0 aromatic heterocycles. The zero-order chi connectivity index (χ0) is 11.4. The highest BCUT2D eigenvalue weighted by molar-refractivity contribution is 9.10. The fourth-order valence-corrected chi connectivity index (χ4v) is 2.02. The van der Waals surface area contributed by atoms with Gasteiger partial charge in [-0.05, 0) is 13.1 Å². The summed E-state index contributed by atoms with van der Waals surface area (Å²) in [5, 5.41) is 6.62. The van der Waals surface area contributed by atoms with E-state index in [-0.39, 0.29) is 0 Å². The van der Waals surface area contributed by atoms with Crippen molar-refractivity contribution in [1.82, 2.24) is 9.91 Å². The minimum Gasteiger partial charge on any atom is -0.303 e. The second-order valence-electron chi connectivity index (χ2n) is 4.02. The van der Waals surface area contributed by atoms with Crippen LogP contribution in [0.15, 0.2) is 33.8 Å². The van der Waals surface area contributed by atoms with E-state index in [1.54, 1.807) is 0 Å². The van der Waals surface area contributed by atoms with Crippen LogP contribution in [0.5, 0.6) is 0 Å². The van der Waals surface area contributed by atoms with Crippen LogP contribution in [0.3, 0.4) is 0 Å². The molecule has 1 saturated heterocycles. The summed E-state index contributed by atoms with van der Waals surface area (Å²) in [4.78, 5) is 2.32. The molecule has 1 aliphatic heterocycles. The van der Waals surface area contributed by atoms with Crippen molar-refractivity contribution in [2.45, 2.75) is 0 Å². The maximum Gasteiger partial charge on any atom is 0.0554 e. The zero-order valence-electron chi connectivity index (χ0n) is 9.43. The third kappa shape index (κ3) is 3.06. The summed E-state index contributed by atoms with van der Waals surface area (Å²) in [6, 6.07) is 8.13. The topological polar surface area (TPSA) is 18.8 Å². The Morgan fingerprint density at radius 3 is 2.56 bits per heavy atom. The van der Waals surface area contributed by atoms with Gasteiger partial charge in [-0.25, -0.2) is 0 Å². The Labute approximate surface area is 105 Å². The van der Waals surface area contributed by atoms with E-state index in [4.69, 9.17) is 0 Å². The number of benzene rings is 1. The fraction of sp³-hybridized carbons (Fsp3) is 0.417. The van der Waals surface area contributed by atoms with Gasteiger partial charge in [0.05, 0.1) is 6.21 Å². The maximum atomic E-state index is 4.50. The van der Waals surface area contributed by atoms with Crippen LogP contribution >= 0.6 is 15.9 Å². The van der Waals surface area contributed by atoms with Gasteiger partial charge < -0.3 is 4.90 Å². The number of hydrogen-bond acceptors (Lipinski definition) is 3. The minimum atomic E-state index is 1.01. The van der Waals surface area contributed by atoms with Crippen LogP contribution < -0.4 is 0 Å². The van der Waals surface area contributed by atoms with Gasteiger partial charge in [-0.3, -0.25) is 5.01 Å². The van der Waals surface area contributed by atoms with Gasteiger partial charge in [-0.1, -0.05) is 34.1 Å². The average Bonchev–Trinajstić information content (AvgIpc) is 2.30. The predicted molar refractivity (Wildman–Crippen MR) is 70.8 cm³/mol. The quantitative estimate of drug-likeness (QED) is 0.773. The third-order valence-electron chi connectivity index (χ3n) is 2.75. The van der Waals surface area contributed by atoms with Crippen LogP contribution in [0.2, 0.25) is 0 Å². The van der Waals surface area contributed by atoms with E-state index < -0.39 is 0 Å². The largest absolute Gasteiger partial charge is 0.303 e. The number of hydrogen-bond donors (Lipinski definition) is 0. The van der Waals surface area contributed by atoms with Crippen molar-refractivity contribution in [3.8, 4) is 0 Å². The van der Waals surface area contributed by atoms with Crippen molar-refractivity contribution in [1.29, 1.82) is 0 Å². The first-order chi connectivity index (χ1) is 7.75. The molecule has 4 heteroatoms. The first kappa shape index (κ1) is 11.6. The smallest absolute Gasteiger partial charge is 0.0554 e. The number of hydrazone groups is 1. The highest BCUT2D eigenvalue weighted by Crippen LogP contribution is 2.13. The molecule has 1 aromatic carbocycles. The minimum absolute atomic E-state index is 1.01. The molecular formula is C12H16BrN3. The van der Waals surface area contributed by atoms with Crippen molar-refractivity contribution in [3.63, 3.8) is 0 Å². The van der Waals surface area contributed by atoms with Crippen molar-refractivity contribution < 1.29 is 0 Å². The summed E-state index contributed by atoms with van der Waals surface area (Å²) < 4.78 is 1.09. The van der Waals surface area contributed by atoms with E-state index in [9.17, 15) is 0 Å². The molecule has 0 amide bonds. The molecule has 3 nitrogen and oxygen atoms in total. The van der Waals surface area contributed by atoms with Crippen LogP contribution in [-0.2, 0) is 0 Å². The van der Waals surface area contributed by atoms with Crippen molar-refractivity contribution in [2.24, 2.45) is 5.10 Å². The summed E-state index contributed by atoms with van der Waals surface area (Å²) in [7, 11) is 2.15. The molecule has 0 atom stereocenters. The Morgan fingerprint density at radius 1 is 1.19 bits per heavy atom. The van der Waals surface area contributed by atoms with E-state index >= 15 is 0 Å². The second-order valence-corrected chi connectivity index (χ2v) is 4.88. The molecule has 1 aromatic rings. The number of rotatable bonds is 2. The van der Waals surface area contributed by atoms with Gasteiger partial charge in [0, 0.05) is 36.2 Å². The van der Waals surface area contributed by atoms with Crippen molar-refractivity contribution in [3.05, 3.63) is 34.3 Å². The lowest BCUT2D eigenvalue weighted by molar-refractivity contribution is 0.159. The van der Waals surface area contributed by atoms with Gasteiger partial charge in [0.1, 0.15) is 0 Å². The lowest BCUT2D eigenvalue weighted by atomic mass is 10.2. The van der Waals surface area contributed by atoms with Gasteiger partial charge in [0.25, 0.3) is 0 Å². The van der Waals surface area contributed by atoms with Gasteiger partial charge in [0.15, 0.2) is 0 Å². The van der Waals surface area contributed by atoms with Crippen molar-refractivity contribution in [2.75, 3.05) is 33.2 Å². The highest BCUT2D eigenvalue weighted by Gasteiger charge is 2.10. The van der Waals surface area contributed by atoms with Crippen LogP contribution in [-0.4, -0.2) is 49.4 Å². The number of nitrogens with zero attached hydrogens (tertiary/aromatic N) is 3. The van der Waals surface area contributed by atoms with E-state index in [0.29, 0.717) is 0 Å². The summed E-state index contributed by atoms with van der Waals surface area (Å²) in [5.41, 5.74) is 1.13. The molecule has 1 fully saturated rings. The Balaban J connectivity index is 1.97. The molecule has 16 heavy (non-hydrogen) atoms.